The van der Waals surface area contributed by atoms with Crippen molar-refractivity contribution in [1.29, 1.82) is 0 Å². The Hall–Kier alpha value is -1.86. The maximum atomic E-state index is 10.6. The summed E-state index contributed by atoms with van der Waals surface area (Å²) in [6, 6.07) is 4.73. The van der Waals surface area contributed by atoms with Crippen molar-refractivity contribution < 1.29 is 4.92 Å². The van der Waals surface area contributed by atoms with E-state index in [4.69, 9.17) is 0 Å². The van der Waals surface area contributed by atoms with Crippen LogP contribution in [0.25, 0.3) is 0 Å². The molecule has 0 atom stereocenters. The largest absolute Gasteiger partial charge is 0.307 e. The van der Waals surface area contributed by atoms with Gasteiger partial charge in [-0.05, 0) is 18.6 Å². The third kappa shape index (κ3) is 3.82. The van der Waals surface area contributed by atoms with Gasteiger partial charge in [0.2, 0.25) is 0 Å². The standard InChI is InChI=1S/C13H13BrN4O2/c1-9-5-17-11(8-16-9)7-15-6-10-2-3-12(18(19)20)4-13(10)14/h2-5,8,15H,6-7H2,1H3. The molecule has 2 rings (SSSR count). The second-order valence-corrected chi connectivity index (χ2v) is 5.14. The van der Waals surface area contributed by atoms with Crippen molar-refractivity contribution in [1.82, 2.24) is 15.3 Å². The Morgan fingerprint density at radius 2 is 2.10 bits per heavy atom. The number of nitrogens with one attached hydrogen (secondary N) is 1. The van der Waals surface area contributed by atoms with Gasteiger partial charge in [-0.3, -0.25) is 20.1 Å². The van der Waals surface area contributed by atoms with Gasteiger partial charge in [-0.2, -0.15) is 0 Å². The van der Waals surface area contributed by atoms with Gasteiger partial charge in [0.1, 0.15) is 0 Å². The molecule has 2 aromatic rings. The first-order valence-corrected chi connectivity index (χ1v) is 6.76. The number of benzene rings is 1. The van der Waals surface area contributed by atoms with Crippen LogP contribution < -0.4 is 5.32 Å². The zero-order valence-corrected chi connectivity index (χ0v) is 12.4. The molecule has 0 radical (unpaired) electrons. The monoisotopic (exact) mass is 336 g/mol. The van der Waals surface area contributed by atoms with Gasteiger partial charge in [-0.15, -0.1) is 0 Å². The van der Waals surface area contributed by atoms with Crippen LogP contribution in [0.15, 0.2) is 35.1 Å². The fourth-order valence-electron chi connectivity index (χ4n) is 1.63. The van der Waals surface area contributed by atoms with Crippen molar-refractivity contribution >= 4 is 21.6 Å². The number of hydrogen-bond acceptors (Lipinski definition) is 5. The van der Waals surface area contributed by atoms with Gasteiger partial charge in [0.05, 0.1) is 16.3 Å². The van der Waals surface area contributed by atoms with E-state index in [1.165, 1.54) is 12.1 Å². The third-order valence-electron chi connectivity index (χ3n) is 2.70. The fraction of sp³-hybridized carbons (Fsp3) is 0.231. The van der Waals surface area contributed by atoms with Gasteiger partial charge in [-0.1, -0.05) is 15.9 Å². The molecule has 1 aromatic heterocycles. The highest BCUT2D eigenvalue weighted by atomic mass is 79.9. The average Bonchev–Trinajstić information content (AvgIpc) is 2.42. The SMILES string of the molecule is Cc1cnc(CNCc2ccc([N+](=O)[O-])cc2Br)cn1. The first kappa shape index (κ1) is 14.5. The Balaban J connectivity index is 1.94. The molecule has 104 valence electrons. The summed E-state index contributed by atoms with van der Waals surface area (Å²) in [6.45, 7) is 3.07. The van der Waals surface area contributed by atoms with Crippen LogP contribution in [-0.2, 0) is 13.1 Å². The lowest BCUT2D eigenvalue weighted by Crippen LogP contribution is -2.14. The second-order valence-electron chi connectivity index (χ2n) is 4.29. The molecule has 20 heavy (non-hydrogen) atoms. The lowest BCUT2D eigenvalue weighted by atomic mass is 10.2. The Kier molecular flexibility index (Phi) is 4.75. The van der Waals surface area contributed by atoms with E-state index < -0.39 is 4.92 Å². The van der Waals surface area contributed by atoms with Gasteiger partial charge < -0.3 is 5.32 Å². The molecule has 0 aliphatic carbocycles. The molecule has 1 aromatic carbocycles. The molecule has 6 nitrogen and oxygen atoms in total. The highest BCUT2D eigenvalue weighted by Crippen LogP contribution is 2.22. The van der Waals surface area contributed by atoms with E-state index in [-0.39, 0.29) is 5.69 Å². The third-order valence-corrected chi connectivity index (χ3v) is 3.44. The highest BCUT2D eigenvalue weighted by Gasteiger charge is 2.08. The van der Waals surface area contributed by atoms with Crippen molar-refractivity contribution in [2.45, 2.75) is 20.0 Å². The fourth-order valence-corrected chi connectivity index (χ4v) is 2.14. The Labute approximate surface area is 124 Å². The number of hydrogen-bond donors (Lipinski definition) is 1. The molecular formula is C13H13BrN4O2. The molecule has 0 spiro atoms. The summed E-state index contributed by atoms with van der Waals surface area (Å²) >= 11 is 3.34. The summed E-state index contributed by atoms with van der Waals surface area (Å²) in [5.74, 6) is 0. The normalized spacial score (nSPS) is 10.5. The zero-order chi connectivity index (χ0) is 14.5. The van der Waals surface area contributed by atoms with Gasteiger partial charge in [-0.25, -0.2) is 0 Å². The average molecular weight is 337 g/mol. The van der Waals surface area contributed by atoms with E-state index in [1.54, 1.807) is 18.5 Å². The first-order valence-electron chi connectivity index (χ1n) is 5.97. The number of aryl methyl sites for hydroxylation is 1. The van der Waals surface area contributed by atoms with Gasteiger partial charge >= 0.3 is 0 Å². The quantitative estimate of drug-likeness (QED) is 0.670. The minimum Gasteiger partial charge on any atom is -0.307 e. The van der Waals surface area contributed by atoms with E-state index in [1.807, 2.05) is 6.92 Å². The number of aromatic nitrogens is 2. The van der Waals surface area contributed by atoms with Crippen molar-refractivity contribution in [2.24, 2.45) is 0 Å². The van der Waals surface area contributed by atoms with E-state index >= 15 is 0 Å². The van der Waals surface area contributed by atoms with Crippen molar-refractivity contribution in [3.63, 3.8) is 0 Å². The number of nitro benzene ring substituents is 1. The van der Waals surface area contributed by atoms with Crippen LogP contribution in [0.5, 0.6) is 0 Å². The minimum atomic E-state index is -0.413. The zero-order valence-electron chi connectivity index (χ0n) is 10.8. The topological polar surface area (TPSA) is 81.0 Å². The van der Waals surface area contributed by atoms with Gasteiger partial charge in [0, 0.05) is 42.1 Å². The van der Waals surface area contributed by atoms with Crippen molar-refractivity contribution in [2.75, 3.05) is 0 Å². The molecule has 1 N–H and O–H groups in total. The van der Waals surface area contributed by atoms with Crippen LogP contribution in [0.2, 0.25) is 0 Å². The molecule has 0 bridgehead atoms. The summed E-state index contributed by atoms with van der Waals surface area (Å²) < 4.78 is 0.717. The highest BCUT2D eigenvalue weighted by molar-refractivity contribution is 9.10. The lowest BCUT2D eigenvalue weighted by Gasteiger charge is -2.06. The molecule has 0 aliphatic rings. The number of nitrogens with zero attached hydrogens (tertiary/aromatic N) is 3. The summed E-state index contributed by atoms with van der Waals surface area (Å²) in [7, 11) is 0. The van der Waals surface area contributed by atoms with E-state index in [0.717, 1.165) is 17.0 Å². The molecule has 0 fully saturated rings. The van der Waals surface area contributed by atoms with E-state index in [0.29, 0.717) is 17.6 Å². The van der Waals surface area contributed by atoms with Crippen LogP contribution in [0.1, 0.15) is 17.0 Å². The predicted octanol–water partition coefficient (Wildman–Crippen LogP) is 2.75. The van der Waals surface area contributed by atoms with Gasteiger partial charge in [0.15, 0.2) is 0 Å². The van der Waals surface area contributed by atoms with E-state index in [2.05, 4.69) is 31.2 Å². The number of nitro groups is 1. The lowest BCUT2D eigenvalue weighted by molar-refractivity contribution is -0.384. The Morgan fingerprint density at radius 3 is 2.70 bits per heavy atom. The summed E-state index contributed by atoms with van der Waals surface area (Å²) in [5, 5.41) is 13.9. The summed E-state index contributed by atoms with van der Waals surface area (Å²) in [5.41, 5.74) is 2.76. The predicted molar refractivity (Wildman–Crippen MR) is 78.1 cm³/mol. The van der Waals surface area contributed by atoms with Crippen molar-refractivity contribution in [3.8, 4) is 0 Å². The maximum absolute atomic E-state index is 10.6. The number of rotatable bonds is 5. The molecule has 1 heterocycles. The minimum absolute atomic E-state index is 0.0741. The second kappa shape index (κ2) is 6.53. The number of non-ortho nitro benzene ring substituents is 1. The molecule has 0 saturated carbocycles. The number of halogens is 1. The summed E-state index contributed by atoms with van der Waals surface area (Å²) in [4.78, 5) is 18.6. The van der Waals surface area contributed by atoms with E-state index in [9.17, 15) is 10.1 Å². The molecule has 0 aliphatic heterocycles. The van der Waals surface area contributed by atoms with Crippen molar-refractivity contribution in [3.05, 3.63) is 62.1 Å². The smallest absolute Gasteiger partial charge is 0.270 e. The van der Waals surface area contributed by atoms with Crippen LogP contribution in [0.3, 0.4) is 0 Å². The first-order chi connectivity index (χ1) is 9.56. The van der Waals surface area contributed by atoms with Gasteiger partial charge in [0.25, 0.3) is 5.69 Å². The molecule has 0 unspecified atom stereocenters. The molecule has 0 saturated heterocycles. The van der Waals surface area contributed by atoms with Crippen LogP contribution in [0, 0.1) is 17.0 Å². The van der Waals surface area contributed by atoms with Crippen LogP contribution in [0.4, 0.5) is 5.69 Å². The summed E-state index contributed by atoms with van der Waals surface area (Å²) in [6.07, 6.45) is 3.45. The molecule has 7 heteroatoms. The maximum Gasteiger partial charge on any atom is 0.270 e. The van der Waals surface area contributed by atoms with Crippen LogP contribution in [-0.4, -0.2) is 14.9 Å². The Bertz CT molecular complexity index is 616. The van der Waals surface area contributed by atoms with Crippen LogP contribution >= 0.6 is 15.9 Å². The Morgan fingerprint density at radius 1 is 1.30 bits per heavy atom. The molecular weight excluding hydrogens is 324 g/mol. The molecule has 0 amide bonds.